The van der Waals surface area contributed by atoms with E-state index in [1.807, 2.05) is 0 Å². The molecule has 0 saturated carbocycles. The van der Waals surface area contributed by atoms with E-state index in [0.29, 0.717) is 5.69 Å². The van der Waals surface area contributed by atoms with Crippen LogP contribution in [0.4, 0.5) is 5.82 Å². The molecule has 2 heterocycles. The van der Waals surface area contributed by atoms with Crippen LogP contribution in [-0.4, -0.2) is 30.8 Å². The molecule has 8 nitrogen and oxygen atoms in total. The highest BCUT2D eigenvalue weighted by molar-refractivity contribution is 9.10. The van der Waals surface area contributed by atoms with Crippen molar-refractivity contribution in [1.82, 2.24) is 14.8 Å². The summed E-state index contributed by atoms with van der Waals surface area (Å²) in [6, 6.07) is 4.54. The summed E-state index contributed by atoms with van der Waals surface area (Å²) in [5, 5.41) is 23.2. The smallest absolute Gasteiger partial charge is 0.404 e. The van der Waals surface area contributed by atoms with Crippen molar-refractivity contribution in [1.29, 1.82) is 0 Å². The Morgan fingerprint density at radius 1 is 1.53 bits per heavy atom. The molecule has 0 unspecified atom stereocenters. The standard InChI is InChI=1S/C10H7BrN4O4/c11-7-5-14(13-9(7)15(18)19)4-6-2-1-3-8(12-6)10(16)17/h1-3,5H,4H2,(H,16,17). The van der Waals surface area contributed by atoms with Crippen LogP contribution in [0.15, 0.2) is 28.9 Å². The van der Waals surface area contributed by atoms with Crippen LogP contribution in [0.1, 0.15) is 16.2 Å². The van der Waals surface area contributed by atoms with Gasteiger partial charge >= 0.3 is 11.8 Å². The van der Waals surface area contributed by atoms with Gasteiger partial charge in [-0.1, -0.05) is 6.07 Å². The number of rotatable bonds is 4. The van der Waals surface area contributed by atoms with Crippen LogP contribution in [0.25, 0.3) is 0 Å². The van der Waals surface area contributed by atoms with Crippen molar-refractivity contribution in [2.75, 3.05) is 0 Å². The summed E-state index contributed by atoms with van der Waals surface area (Å²) in [6.45, 7) is 0.146. The van der Waals surface area contributed by atoms with Gasteiger partial charge in [0.15, 0.2) is 0 Å². The maximum atomic E-state index is 10.8. The summed E-state index contributed by atoms with van der Waals surface area (Å²) in [7, 11) is 0. The van der Waals surface area contributed by atoms with Gasteiger partial charge in [-0.15, -0.1) is 0 Å². The Morgan fingerprint density at radius 2 is 2.26 bits per heavy atom. The highest BCUT2D eigenvalue weighted by Crippen LogP contribution is 2.22. The van der Waals surface area contributed by atoms with Gasteiger partial charge in [0.25, 0.3) is 0 Å². The Hall–Kier alpha value is -2.29. The van der Waals surface area contributed by atoms with Crippen molar-refractivity contribution in [3.63, 3.8) is 0 Å². The minimum absolute atomic E-state index is 0.0850. The molecule has 0 bridgehead atoms. The highest BCUT2D eigenvalue weighted by Gasteiger charge is 2.19. The van der Waals surface area contributed by atoms with Gasteiger partial charge in [0.05, 0.1) is 17.0 Å². The fourth-order valence-electron chi connectivity index (χ4n) is 1.44. The molecule has 1 N–H and O–H groups in total. The SMILES string of the molecule is O=C(O)c1cccc(Cn2cc(Br)c([N+](=O)[O-])n2)n1. The number of carboxylic acids is 1. The predicted molar refractivity (Wildman–Crippen MR) is 66.9 cm³/mol. The summed E-state index contributed by atoms with van der Waals surface area (Å²) in [5.41, 5.74) is 0.364. The number of hydrogen-bond donors (Lipinski definition) is 1. The first kappa shape index (κ1) is 13.1. The van der Waals surface area contributed by atoms with E-state index in [1.165, 1.54) is 16.9 Å². The van der Waals surface area contributed by atoms with Crippen LogP contribution >= 0.6 is 15.9 Å². The molecule has 0 aliphatic carbocycles. The lowest BCUT2D eigenvalue weighted by molar-refractivity contribution is -0.390. The molecule has 98 valence electrons. The number of aromatic carboxylic acids is 1. The first-order chi connectivity index (χ1) is 8.97. The van der Waals surface area contributed by atoms with Gasteiger partial charge in [-0.05, 0) is 33.0 Å². The number of nitro groups is 1. The van der Waals surface area contributed by atoms with Gasteiger partial charge in [-0.25, -0.2) is 9.78 Å². The molecule has 0 spiro atoms. The average molecular weight is 327 g/mol. The highest BCUT2D eigenvalue weighted by atomic mass is 79.9. The van der Waals surface area contributed by atoms with E-state index in [0.717, 1.165) is 0 Å². The lowest BCUT2D eigenvalue weighted by Gasteiger charge is -1.99. The van der Waals surface area contributed by atoms with Crippen LogP contribution in [0.5, 0.6) is 0 Å². The van der Waals surface area contributed by atoms with Crippen LogP contribution < -0.4 is 0 Å². The number of halogens is 1. The van der Waals surface area contributed by atoms with E-state index < -0.39 is 10.9 Å². The minimum Gasteiger partial charge on any atom is -0.477 e. The largest absolute Gasteiger partial charge is 0.477 e. The zero-order valence-electron chi connectivity index (χ0n) is 9.36. The van der Waals surface area contributed by atoms with Crippen LogP contribution in [0.3, 0.4) is 0 Å². The fraction of sp³-hybridized carbons (Fsp3) is 0.100. The summed E-state index contributed by atoms with van der Waals surface area (Å²) in [5.74, 6) is -1.43. The van der Waals surface area contributed by atoms with E-state index in [2.05, 4.69) is 26.0 Å². The topological polar surface area (TPSA) is 111 Å². The summed E-state index contributed by atoms with van der Waals surface area (Å²) >= 11 is 3.03. The van der Waals surface area contributed by atoms with Crippen molar-refractivity contribution < 1.29 is 14.8 Å². The molecule has 0 saturated heterocycles. The second kappa shape index (κ2) is 5.14. The average Bonchev–Trinajstić information content (AvgIpc) is 2.70. The van der Waals surface area contributed by atoms with E-state index in [9.17, 15) is 14.9 Å². The van der Waals surface area contributed by atoms with Gasteiger partial charge in [-0.3, -0.25) is 0 Å². The number of carboxylic acid groups (broad SMARTS) is 1. The molecular weight excluding hydrogens is 320 g/mol. The molecule has 2 rings (SSSR count). The molecule has 0 aliphatic heterocycles. The Morgan fingerprint density at radius 3 is 2.84 bits per heavy atom. The zero-order chi connectivity index (χ0) is 14.0. The molecule has 2 aromatic rings. The van der Waals surface area contributed by atoms with Crippen LogP contribution in [0.2, 0.25) is 0 Å². The van der Waals surface area contributed by atoms with Gasteiger partial charge < -0.3 is 15.2 Å². The number of carbonyl (C=O) groups is 1. The van der Waals surface area contributed by atoms with E-state index in [-0.39, 0.29) is 22.5 Å². The molecule has 9 heteroatoms. The first-order valence-electron chi connectivity index (χ1n) is 5.04. The number of nitrogens with zero attached hydrogens (tertiary/aromatic N) is 4. The predicted octanol–water partition coefficient (Wildman–Crippen LogP) is 1.70. The van der Waals surface area contributed by atoms with Crippen molar-refractivity contribution in [2.24, 2.45) is 0 Å². The van der Waals surface area contributed by atoms with Crippen LogP contribution in [-0.2, 0) is 6.54 Å². The summed E-state index contributed by atoms with van der Waals surface area (Å²) < 4.78 is 1.57. The molecular formula is C10H7BrN4O4. The van der Waals surface area contributed by atoms with Gasteiger partial charge in [-0.2, -0.15) is 4.68 Å². The number of hydrogen-bond acceptors (Lipinski definition) is 5. The Labute approximate surface area is 115 Å². The van der Waals surface area contributed by atoms with Crippen molar-refractivity contribution in [2.45, 2.75) is 6.54 Å². The maximum absolute atomic E-state index is 10.8. The van der Waals surface area contributed by atoms with E-state index in [1.54, 1.807) is 12.1 Å². The zero-order valence-corrected chi connectivity index (χ0v) is 10.9. The molecule has 2 aromatic heterocycles. The molecule has 0 fully saturated rings. The quantitative estimate of drug-likeness (QED) is 0.676. The lowest BCUT2D eigenvalue weighted by Crippen LogP contribution is -2.07. The maximum Gasteiger partial charge on any atom is 0.404 e. The Bertz CT molecular complexity index is 655. The van der Waals surface area contributed by atoms with Crippen LogP contribution in [0, 0.1) is 10.1 Å². The minimum atomic E-state index is -1.13. The molecule has 0 aliphatic rings. The van der Waals surface area contributed by atoms with Crippen molar-refractivity contribution >= 4 is 27.7 Å². The molecule has 19 heavy (non-hydrogen) atoms. The summed E-state index contributed by atoms with van der Waals surface area (Å²) in [4.78, 5) is 24.7. The molecule has 0 amide bonds. The first-order valence-corrected chi connectivity index (χ1v) is 5.83. The van der Waals surface area contributed by atoms with Gasteiger partial charge in [0, 0.05) is 0 Å². The van der Waals surface area contributed by atoms with Gasteiger partial charge in [0.2, 0.25) is 0 Å². The van der Waals surface area contributed by atoms with Gasteiger partial charge in [0.1, 0.15) is 16.7 Å². The molecule has 0 aromatic carbocycles. The second-order valence-electron chi connectivity index (χ2n) is 3.57. The number of aromatic nitrogens is 3. The Kier molecular flexibility index (Phi) is 3.56. The normalized spacial score (nSPS) is 10.4. The van der Waals surface area contributed by atoms with Crippen molar-refractivity contribution in [3.05, 3.63) is 50.4 Å². The molecule has 0 atom stereocenters. The fourth-order valence-corrected chi connectivity index (χ4v) is 1.90. The van der Waals surface area contributed by atoms with Crippen molar-refractivity contribution in [3.8, 4) is 0 Å². The third-order valence-electron chi connectivity index (χ3n) is 2.22. The monoisotopic (exact) mass is 326 g/mol. The third kappa shape index (κ3) is 2.94. The molecule has 0 radical (unpaired) electrons. The van der Waals surface area contributed by atoms with E-state index >= 15 is 0 Å². The van der Waals surface area contributed by atoms with E-state index in [4.69, 9.17) is 5.11 Å². The second-order valence-corrected chi connectivity index (χ2v) is 4.43. The number of pyridine rings is 1. The Balaban J connectivity index is 2.26. The lowest BCUT2D eigenvalue weighted by atomic mass is 10.3. The summed E-state index contributed by atoms with van der Waals surface area (Å²) in [6.07, 6.45) is 1.44. The third-order valence-corrected chi connectivity index (χ3v) is 2.78.